The Kier molecular flexibility index (Phi) is 4.40. The van der Waals surface area contributed by atoms with E-state index >= 15 is 0 Å². The average molecular weight is 344 g/mol. The van der Waals surface area contributed by atoms with Crippen LogP contribution < -0.4 is 5.56 Å². The summed E-state index contributed by atoms with van der Waals surface area (Å²) in [5.74, 6) is 0.997. The van der Waals surface area contributed by atoms with E-state index in [0.29, 0.717) is 30.5 Å². The highest BCUT2D eigenvalue weighted by atomic mass is 16.2. The minimum Gasteiger partial charge on any atom is -0.332 e. The number of hydrogen-bond acceptors (Lipinski definition) is 4. The molecule has 0 aromatic carbocycles. The number of aromatic nitrogens is 2. The van der Waals surface area contributed by atoms with Crippen LogP contribution in [0.2, 0.25) is 0 Å². The lowest BCUT2D eigenvalue weighted by molar-refractivity contribution is -0.138. The van der Waals surface area contributed by atoms with Gasteiger partial charge in [0, 0.05) is 19.6 Å². The van der Waals surface area contributed by atoms with Crippen molar-refractivity contribution in [2.45, 2.75) is 64.6 Å². The lowest BCUT2D eigenvalue weighted by atomic mass is 9.95. The first-order valence-electron chi connectivity index (χ1n) is 9.63. The molecule has 136 valence electrons. The Hall–Kier alpha value is -1.69. The van der Waals surface area contributed by atoms with Crippen LogP contribution in [-0.2, 0) is 24.9 Å². The predicted octanol–water partition coefficient (Wildman–Crippen LogP) is 1.59. The second kappa shape index (κ2) is 6.56. The van der Waals surface area contributed by atoms with Gasteiger partial charge >= 0.3 is 0 Å². The van der Waals surface area contributed by atoms with E-state index in [1.807, 2.05) is 11.8 Å². The molecule has 2 aliphatic heterocycles. The normalized spacial score (nSPS) is 24.7. The van der Waals surface area contributed by atoms with E-state index in [4.69, 9.17) is 0 Å². The van der Waals surface area contributed by atoms with E-state index in [-0.39, 0.29) is 17.4 Å². The molecule has 4 rings (SSSR count). The lowest BCUT2D eigenvalue weighted by Crippen LogP contribution is -2.46. The largest absolute Gasteiger partial charge is 0.332 e. The number of fused-ring (bicyclic) bond motifs is 1. The topological polar surface area (TPSA) is 58.4 Å². The van der Waals surface area contributed by atoms with Crippen LogP contribution in [0.1, 0.15) is 55.6 Å². The molecule has 0 spiro atoms. The van der Waals surface area contributed by atoms with Crippen molar-refractivity contribution < 1.29 is 4.79 Å². The SMILES string of the molecule is Cc1nc2c(c(=O)n1C)CN(C(=O)[C@H]1CCCN(C3CCCC3)C1)C2. The number of aryl methyl sites for hydroxylation is 1. The van der Waals surface area contributed by atoms with Crippen LogP contribution >= 0.6 is 0 Å². The molecule has 1 saturated heterocycles. The molecule has 2 fully saturated rings. The fourth-order valence-corrected chi connectivity index (χ4v) is 4.75. The van der Waals surface area contributed by atoms with Crippen molar-refractivity contribution in [2.24, 2.45) is 13.0 Å². The van der Waals surface area contributed by atoms with Crippen molar-refractivity contribution in [3.63, 3.8) is 0 Å². The van der Waals surface area contributed by atoms with Gasteiger partial charge in [-0.25, -0.2) is 4.98 Å². The molecule has 25 heavy (non-hydrogen) atoms. The Bertz CT molecular complexity index is 736. The maximum atomic E-state index is 13.1. The van der Waals surface area contributed by atoms with Crippen LogP contribution in [0.4, 0.5) is 0 Å². The first kappa shape index (κ1) is 16.8. The smallest absolute Gasteiger partial charge is 0.258 e. The van der Waals surface area contributed by atoms with E-state index in [2.05, 4.69) is 9.88 Å². The fourth-order valence-electron chi connectivity index (χ4n) is 4.75. The number of hydrogen-bond donors (Lipinski definition) is 0. The third-order valence-corrected chi connectivity index (χ3v) is 6.34. The zero-order chi connectivity index (χ0) is 17.6. The molecule has 6 heteroatoms. The van der Waals surface area contributed by atoms with Crippen molar-refractivity contribution in [1.29, 1.82) is 0 Å². The summed E-state index contributed by atoms with van der Waals surface area (Å²) < 4.78 is 1.58. The Balaban J connectivity index is 1.46. The number of amides is 1. The van der Waals surface area contributed by atoms with Crippen LogP contribution in [-0.4, -0.2) is 44.4 Å². The van der Waals surface area contributed by atoms with Crippen molar-refractivity contribution in [3.05, 3.63) is 27.4 Å². The molecule has 6 nitrogen and oxygen atoms in total. The van der Waals surface area contributed by atoms with E-state index in [1.165, 1.54) is 25.7 Å². The van der Waals surface area contributed by atoms with E-state index in [9.17, 15) is 9.59 Å². The second-order valence-electron chi connectivity index (χ2n) is 7.92. The van der Waals surface area contributed by atoms with E-state index < -0.39 is 0 Å². The quantitative estimate of drug-likeness (QED) is 0.817. The van der Waals surface area contributed by atoms with Crippen LogP contribution in [0.5, 0.6) is 0 Å². The van der Waals surface area contributed by atoms with Gasteiger partial charge < -0.3 is 4.90 Å². The van der Waals surface area contributed by atoms with Gasteiger partial charge in [0.2, 0.25) is 5.91 Å². The molecule has 1 atom stereocenters. The van der Waals surface area contributed by atoms with Gasteiger partial charge in [0.1, 0.15) is 5.82 Å². The predicted molar refractivity (Wildman–Crippen MR) is 95.0 cm³/mol. The van der Waals surface area contributed by atoms with Crippen molar-refractivity contribution >= 4 is 5.91 Å². The molecular weight excluding hydrogens is 316 g/mol. The molecule has 0 unspecified atom stereocenters. The minimum absolute atomic E-state index is 0.00553. The first-order valence-corrected chi connectivity index (χ1v) is 9.63. The van der Waals surface area contributed by atoms with Crippen LogP contribution in [0.15, 0.2) is 4.79 Å². The van der Waals surface area contributed by atoms with Gasteiger partial charge in [-0.3, -0.25) is 19.1 Å². The highest BCUT2D eigenvalue weighted by Crippen LogP contribution is 2.30. The maximum absolute atomic E-state index is 13.1. The third-order valence-electron chi connectivity index (χ3n) is 6.34. The monoisotopic (exact) mass is 344 g/mol. The highest BCUT2D eigenvalue weighted by Gasteiger charge is 2.36. The number of piperidine rings is 1. The van der Waals surface area contributed by atoms with Crippen molar-refractivity contribution in [3.8, 4) is 0 Å². The zero-order valence-electron chi connectivity index (χ0n) is 15.3. The van der Waals surface area contributed by atoms with Crippen molar-refractivity contribution in [2.75, 3.05) is 13.1 Å². The summed E-state index contributed by atoms with van der Waals surface area (Å²) in [5.41, 5.74) is 1.48. The molecule has 0 bridgehead atoms. The molecule has 1 amide bonds. The molecule has 1 saturated carbocycles. The molecule has 1 aromatic heterocycles. The molecule has 0 radical (unpaired) electrons. The Morgan fingerprint density at radius 3 is 2.64 bits per heavy atom. The minimum atomic E-state index is -0.00553. The Morgan fingerprint density at radius 1 is 1.12 bits per heavy atom. The summed E-state index contributed by atoms with van der Waals surface area (Å²) in [6.07, 6.45) is 7.31. The third kappa shape index (κ3) is 3.01. The lowest BCUT2D eigenvalue weighted by Gasteiger charge is -2.37. The fraction of sp³-hybridized carbons (Fsp3) is 0.737. The average Bonchev–Trinajstić information content (AvgIpc) is 3.29. The number of rotatable bonds is 2. The molecule has 3 heterocycles. The number of carbonyl (C=O) groups excluding carboxylic acids is 1. The Labute approximate surface area is 148 Å². The van der Waals surface area contributed by atoms with Gasteiger partial charge in [-0.1, -0.05) is 12.8 Å². The highest BCUT2D eigenvalue weighted by molar-refractivity contribution is 5.79. The number of nitrogens with zero attached hydrogens (tertiary/aromatic N) is 4. The number of carbonyl (C=O) groups is 1. The van der Waals surface area contributed by atoms with Crippen LogP contribution in [0.25, 0.3) is 0 Å². The molecule has 3 aliphatic rings. The van der Waals surface area contributed by atoms with Crippen LogP contribution in [0, 0.1) is 12.8 Å². The zero-order valence-corrected chi connectivity index (χ0v) is 15.3. The van der Waals surface area contributed by atoms with Gasteiger partial charge in [-0.2, -0.15) is 0 Å². The first-order chi connectivity index (χ1) is 12.0. The maximum Gasteiger partial charge on any atom is 0.258 e. The second-order valence-corrected chi connectivity index (χ2v) is 7.92. The van der Waals surface area contributed by atoms with Gasteiger partial charge in [0.05, 0.1) is 30.3 Å². The standard InChI is InChI=1S/C19H28N4O2/c1-13-20-17-12-23(11-16(17)19(25)21(13)2)18(24)14-6-5-9-22(10-14)15-7-3-4-8-15/h14-15H,3-12H2,1-2H3/t14-/m0/s1. The summed E-state index contributed by atoms with van der Waals surface area (Å²) >= 11 is 0. The summed E-state index contributed by atoms with van der Waals surface area (Å²) in [5, 5.41) is 0. The molecular formula is C19H28N4O2. The van der Waals surface area contributed by atoms with Gasteiger partial charge in [0.25, 0.3) is 5.56 Å². The van der Waals surface area contributed by atoms with Gasteiger partial charge in [-0.15, -0.1) is 0 Å². The summed E-state index contributed by atoms with van der Waals surface area (Å²) in [7, 11) is 1.75. The summed E-state index contributed by atoms with van der Waals surface area (Å²) in [4.78, 5) is 34.4. The van der Waals surface area contributed by atoms with E-state index in [0.717, 1.165) is 31.6 Å². The Morgan fingerprint density at radius 2 is 1.88 bits per heavy atom. The summed E-state index contributed by atoms with van der Waals surface area (Å²) in [6.45, 7) is 4.78. The molecule has 0 N–H and O–H groups in total. The van der Waals surface area contributed by atoms with Crippen LogP contribution in [0.3, 0.4) is 0 Å². The summed E-state index contributed by atoms with van der Waals surface area (Å²) in [6, 6.07) is 0.683. The van der Waals surface area contributed by atoms with Gasteiger partial charge in [-0.05, 0) is 39.2 Å². The van der Waals surface area contributed by atoms with Gasteiger partial charge in [0.15, 0.2) is 0 Å². The van der Waals surface area contributed by atoms with Crippen molar-refractivity contribution in [1.82, 2.24) is 19.4 Å². The molecule has 1 aromatic rings. The van der Waals surface area contributed by atoms with E-state index in [1.54, 1.807) is 11.6 Å². The number of likely N-dealkylation sites (tertiary alicyclic amines) is 1. The molecule has 1 aliphatic carbocycles.